The maximum absolute atomic E-state index is 5.64. The van der Waals surface area contributed by atoms with Crippen molar-refractivity contribution in [3.05, 3.63) is 0 Å². The molecule has 2 saturated heterocycles. The molecule has 76 valence electrons. The van der Waals surface area contributed by atoms with Gasteiger partial charge in [0.1, 0.15) is 0 Å². The first-order valence-corrected chi connectivity index (χ1v) is 5.44. The van der Waals surface area contributed by atoms with Gasteiger partial charge in [0.25, 0.3) is 0 Å². The summed E-state index contributed by atoms with van der Waals surface area (Å²) in [5.74, 6) is 3.31. The first-order valence-electron chi connectivity index (χ1n) is 5.44. The molecular weight excluding hydrogens is 162 g/mol. The lowest BCUT2D eigenvalue weighted by molar-refractivity contribution is -0.0917. The minimum Gasteiger partial charge on any atom is -0.381 e. The molecule has 0 saturated carbocycles. The SMILES string of the molecule is CC(C)C1[C@H]2COC[C@H]1CN(C)C2. The van der Waals surface area contributed by atoms with Gasteiger partial charge < -0.3 is 9.64 Å². The summed E-state index contributed by atoms with van der Waals surface area (Å²) < 4.78 is 5.64. The fourth-order valence-corrected chi connectivity index (χ4v) is 3.29. The van der Waals surface area contributed by atoms with Crippen molar-refractivity contribution in [2.24, 2.45) is 23.7 Å². The molecule has 0 aliphatic carbocycles. The van der Waals surface area contributed by atoms with Crippen molar-refractivity contribution in [2.45, 2.75) is 13.8 Å². The topological polar surface area (TPSA) is 12.5 Å². The molecule has 0 aromatic heterocycles. The highest BCUT2D eigenvalue weighted by Gasteiger charge is 2.40. The molecule has 2 bridgehead atoms. The summed E-state index contributed by atoms with van der Waals surface area (Å²) in [6.07, 6.45) is 0. The van der Waals surface area contributed by atoms with E-state index in [1.165, 1.54) is 13.1 Å². The first kappa shape index (κ1) is 9.47. The fourth-order valence-electron chi connectivity index (χ4n) is 3.29. The molecule has 0 N–H and O–H groups in total. The molecule has 13 heavy (non-hydrogen) atoms. The highest BCUT2D eigenvalue weighted by molar-refractivity contribution is 4.89. The third kappa shape index (κ3) is 1.75. The minimum absolute atomic E-state index is 0.789. The predicted molar refractivity (Wildman–Crippen MR) is 53.6 cm³/mol. The van der Waals surface area contributed by atoms with Gasteiger partial charge in [0, 0.05) is 13.1 Å². The largest absolute Gasteiger partial charge is 0.381 e. The molecule has 0 unspecified atom stereocenters. The average molecular weight is 183 g/mol. The van der Waals surface area contributed by atoms with Gasteiger partial charge in [-0.2, -0.15) is 0 Å². The molecule has 0 spiro atoms. The van der Waals surface area contributed by atoms with Crippen LogP contribution in [0.2, 0.25) is 0 Å². The second-order valence-electron chi connectivity index (χ2n) is 5.10. The Hall–Kier alpha value is -0.0800. The van der Waals surface area contributed by atoms with E-state index in [-0.39, 0.29) is 0 Å². The molecule has 2 heterocycles. The third-order valence-electron chi connectivity index (χ3n) is 3.61. The summed E-state index contributed by atoms with van der Waals surface area (Å²) in [6, 6.07) is 0. The number of nitrogens with zero attached hydrogens (tertiary/aromatic N) is 1. The van der Waals surface area contributed by atoms with Gasteiger partial charge >= 0.3 is 0 Å². The normalized spacial score (nSPS) is 41.1. The van der Waals surface area contributed by atoms with Crippen molar-refractivity contribution in [3.63, 3.8) is 0 Å². The van der Waals surface area contributed by atoms with Crippen LogP contribution in [0.15, 0.2) is 0 Å². The Morgan fingerprint density at radius 1 is 1.15 bits per heavy atom. The Labute approximate surface area is 81.3 Å². The van der Waals surface area contributed by atoms with Crippen molar-refractivity contribution in [1.29, 1.82) is 0 Å². The van der Waals surface area contributed by atoms with Crippen LogP contribution in [0.4, 0.5) is 0 Å². The second kappa shape index (κ2) is 3.58. The van der Waals surface area contributed by atoms with E-state index < -0.39 is 0 Å². The van der Waals surface area contributed by atoms with E-state index in [2.05, 4.69) is 25.8 Å². The van der Waals surface area contributed by atoms with Crippen molar-refractivity contribution in [2.75, 3.05) is 33.4 Å². The van der Waals surface area contributed by atoms with Gasteiger partial charge in [-0.05, 0) is 30.7 Å². The van der Waals surface area contributed by atoms with Gasteiger partial charge in [0.2, 0.25) is 0 Å². The van der Waals surface area contributed by atoms with E-state index in [1.807, 2.05) is 0 Å². The van der Waals surface area contributed by atoms with Crippen LogP contribution in [0.1, 0.15) is 13.8 Å². The van der Waals surface area contributed by atoms with Gasteiger partial charge in [-0.15, -0.1) is 0 Å². The summed E-state index contributed by atoms with van der Waals surface area (Å²) in [5.41, 5.74) is 0. The van der Waals surface area contributed by atoms with Crippen molar-refractivity contribution >= 4 is 0 Å². The van der Waals surface area contributed by atoms with Gasteiger partial charge in [-0.1, -0.05) is 13.8 Å². The lowest BCUT2D eigenvalue weighted by Crippen LogP contribution is -2.52. The smallest absolute Gasteiger partial charge is 0.0509 e. The number of likely N-dealkylation sites (tertiary alicyclic amines) is 1. The molecule has 2 heteroatoms. The van der Waals surface area contributed by atoms with Crippen LogP contribution >= 0.6 is 0 Å². The van der Waals surface area contributed by atoms with Crippen LogP contribution in [0.25, 0.3) is 0 Å². The molecule has 2 aliphatic heterocycles. The van der Waals surface area contributed by atoms with Crippen LogP contribution in [0.3, 0.4) is 0 Å². The van der Waals surface area contributed by atoms with Gasteiger partial charge in [-0.3, -0.25) is 0 Å². The molecule has 0 radical (unpaired) electrons. The Balaban J connectivity index is 2.10. The lowest BCUT2D eigenvalue weighted by atomic mass is 9.71. The zero-order valence-electron chi connectivity index (χ0n) is 8.99. The standard InChI is InChI=1S/C11H21NO/c1-8(2)11-9-4-12(3)5-10(11)7-13-6-9/h8-11H,4-7H2,1-3H3/t9-,10-/m1/s1. The van der Waals surface area contributed by atoms with E-state index in [9.17, 15) is 0 Å². The van der Waals surface area contributed by atoms with Crippen LogP contribution in [-0.2, 0) is 4.74 Å². The number of hydrogen-bond donors (Lipinski definition) is 0. The number of piperidine rings is 1. The fraction of sp³-hybridized carbons (Fsp3) is 1.00. The maximum Gasteiger partial charge on any atom is 0.0509 e. The highest BCUT2D eigenvalue weighted by Crippen LogP contribution is 2.37. The highest BCUT2D eigenvalue weighted by atomic mass is 16.5. The molecule has 2 rings (SSSR count). The van der Waals surface area contributed by atoms with Crippen molar-refractivity contribution < 1.29 is 4.74 Å². The zero-order valence-corrected chi connectivity index (χ0v) is 8.99. The quantitative estimate of drug-likeness (QED) is 0.610. The summed E-state index contributed by atoms with van der Waals surface area (Å²) in [6.45, 7) is 9.18. The number of hydrogen-bond acceptors (Lipinski definition) is 2. The third-order valence-corrected chi connectivity index (χ3v) is 3.61. The molecule has 0 aromatic carbocycles. The summed E-state index contributed by atoms with van der Waals surface area (Å²) >= 11 is 0. The second-order valence-corrected chi connectivity index (χ2v) is 5.10. The number of ether oxygens (including phenoxy) is 1. The number of rotatable bonds is 1. The molecule has 2 fully saturated rings. The molecule has 2 aliphatic rings. The zero-order chi connectivity index (χ0) is 9.42. The maximum atomic E-state index is 5.64. The minimum atomic E-state index is 0.789. The molecular formula is C11H21NO. The Bertz CT molecular complexity index is 167. The van der Waals surface area contributed by atoms with Gasteiger partial charge in [0.05, 0.1) is 13.2 Å². The van der Waals surface area contributed by atoms with E-state index in [4.69, 9.17) is 4.74 Å². The molecule has 0 amide bonds. The molecule has 0 aromatic rings. The van der Waals surface area contributed by atoms with Crippen LogP contribution in [-0.4, -0.2) is 38.3 Å². The van der Waals surface area contributed by atoms with Crippen LogP contribution in [0, 0.1) is 23.7 Å². The predicted octanol–water partition coefficient (Wildman–Crippen LogP) is 1.47. The van der Waals surface area contributed by atoms with Crippen molar-refractivity contribution in [1.82, 2.24) is 4.90 Å². The van der Waals surface area contributed by atoms with Gasteiger partial charge in [0.15, 0.2) is 0 Å². The molecule has 2 atom stereocenters. The van der Waals surface area contributed by atoms with Gasteiger partial charge in [-0.25, -0.2) is 0 Å². The molecule has 2 nitrogen and oxygen atoms in total. The monoisotopic (exact) mass is 183 g/mol. The van der Waals surface area contributed by atoms with E-state index in [0.717, 1.165) is 36.9 Å². The van der Waals surface area contributed by atoms with E-state index >= 15 is 0 Å². The Morgan fingerprint density at radius 2 is 1.69 bits per heavy atom. The first-order chi connectivity index (χ1) is 6.18. The van der Waals surface area contributed by atoms with E-state index in [0.29, 0.717) is 0 Å². The number of fused-ring (bicyclic) bond motifs is 2. The lowest BCUT2D eigenvalue weighted by Gasteiger charge is -2.47. The average Bonchev–Trinajstić information content (AvgIpc) is 2.01. The van der Waals surface area contributed by atoms with Crippen molar-refractivity contribution in [3.8, 4) is 0 Å². The van der Waals surface area contributed by atoms with E-state index in [1.54, 1.807) is 0 Å². The Morgan fingerprint density at radius 3 is 2.15 bits per heavy atom. The summed E-state index contributed by atoms with van der Waals surface area (Å²) in [4.78, 5) is 2.47. The summed E-state index contributed by atoms with van der Waals surface area (Å²) in [7, 11) is 2.24. The van der Waals surface area contributed by atoms with Crippen LogP contribution < -0.4 is 0 Å². The van der Waals surface area contributed by atoms with Crippen LogP contribution in [0.5, 0.6) is 0 Å². The summed E-state index contributed by atoms with van der Waals surface area (Å²) in [5, 5.41) is 0. The Kier molecular flexibility index (Phi) is 2.61.